The van der Waals surface area contributed by atoms with E-state index in [1.54, 1.807) is 17.5 Å². The number of hydrogen-bond donors (Lipinski definition) is 1. The van der Waals surface area contributed by atoms with Gasteiger partial charge in [-0.2, -0.15) is 0 Å². The number of carbonyl (C=O) groups is 2. The van der Waals surface area contributed by atoms with Gasteiger partial charge < -0.3 is 14.6 Å². The quantitative estimate of drug-likeness (QED) is 0.703. The van der Waals surface area contributed by atoms with Crippen LogP contribution in [0.1, 0.15) is 24.3 Å². The van der Waals surface area contributed by atoms with Crippen LogP contribution in [0.2, 0.25) is 0 Å². The smallest absolute Gasteiger partial charge is 0.296 e. The van der Waals surface area contributed by atoms with Crippen LogP contribution in [0.5, 0.6) is 11.5 Å². The number of amides is 2. The second-order valence-electron chi connectivity index (χ2n) is 5.86. The van der Waals surface area contributed by atoms with Crippen molar-refractivity contribution in [2.45, 2.75) is 20.3 Å². The molecule has 2 amide bonds. The van der Waals surface area contributed by atoms with Crippen LogP contribution in [-0.2, 0) is 16.0 Å². The molecule has 7 heteroatoms. The Labute approximate surface area is 161 Å². The van der Waals surface area contributed by atoms with Crippen molar-refractivity contribution in [1.29, 1.82) is 0 Å². The third-order valence-electron chi connectivity index (χ3n) is 4.14. The Kier molecular flexibility index (Phi) is 5.81. The molecule has 1 aliphatic rings. The van der Waals surface area contributed by atoms with Crippen LogP contribution in [0.25, 0.3) is 5.57 Å². The van der Waals surface area contributed by atoms with E-state index < -0.39 is 17.6 Å². The van der Waals surface area contributed by atoms with Gasteiger partial charge in [0, 0.05) is 11.4 Å². The predicted octanol–water partition coefficient (Wildman–Crippen LogP) is 3.43. The SMILES string of the molecule is CCOc1ccc(CCN2C(=O)C(O)=C(c3cccs3)C2=O)cc1OCC. The van der Waals surface area contributed by atoms with Crippen LogP contribution in [0.4, 0.5) is 0 Å². The molecule has 2 heterocycles. The summed E-state index contributed by atoms with van der Waals surface area (Å²) >= 11 is 1.31. The molecule has 0 aliphatic carbocycles. The summed E-state index contributed by atoms with van der Waals surface area (Å²) in [5.41, 5.74) is 0.989. The Morgan fingerprint density at radius 3 is 2.44 bits per heavy atom. The van der Waals surface area contributed by atoms with Gasteiger partial charge in [-0.25, -0.2) is 0 Å². The number of nitrogens with zero attached hydrogens (tertiary/aromatic N) is 1. The number of imide groups is 1. The maximum atomic E-state index is 12.6. The molecule has 0 saturated heterocycles. The molecule has 0 bridgehead atoms. The van der Waals surface area contributed by atoms with Gasteiger partial charge in [0.2, 0.25) is 0 Å². The highest BCUT2D eigenvalue weighted by molar-refractivity contribution is 7.11. The summed E-state index contributed by atoms with van der Waals surface area (Å²) in [6.07, 6.45) is 0.453. The molecule has 0 fully saturated rings. The first-order valence-corrected chi connectivity index (χ1v) is 9.66. The van der Waals surface area contributed by atoms with Gasteiger partial charge in [0.1, 0.15) is 5.57 Å². The average Bonchev–Trinajstić information content (AvgIpc) is 3.24. The maximum absolute atomic E-state index is 12.6. The molecular formula is C20H21NO5S. The molecule has 1 aromatic heterocycles. The Bertz CT molecular complexity index is 873. The first-order chi connectivity index (χ1) is 13.1. The highest BCUT2D eigenvalue weighted by Gasteiger charge is 2.39. The zero-order chi connectivity index (χ0) is 19.4. The molecular weight excluding hydrogens is 366 g/mol. The summed E-state index contributed by atoms with van der Waals surface area (Å²) in [6.45, 7) is 5.01. The summed E-state index contributed by atoms with van der Waals surface area (Å²) in [7, 11) is 0. The number of aliphatic hydroxyl groups is 1. The van der Waals surface area contributed by atoms with E-state index in [0.29, 0.717) is 36.0 Å². The first kappa shape index (κ1) is 19.0. The van der Waals surface area contributed by atoms with Crippen molar-refractivity contribution >= 4 is 28.7 Å². The van der Waals surface area contributed by atoms with Gasteiger partial charge in [0.05, 0.1) is 13.2 Å². The number of benzene rings is 1. The summed E-state index contributed by atoms with van der Waals surface area (Å²) in [6, 6.07) is 9.05. The zero-order valence-corrected chi connectivity index (χ0v) is 16.0. The van der Waals surface area contributed by atoms with Crippen molar-refractivity contribution in [3.8, 4) is 11.5 Å². The van der Waals surface area contributed by atoms with Crippen LogP contribution in [-0.4, -0.2) is 41.6 Å². The fourth-order valence-corrected chi connectivity index (χ4v) is 3.66. The predicted molar refractivity (Wildman–Crippen MR) is 103 cm³/mol. The zero-order valence-electron chi connectivity index (χ0n) is 15.2. The molecule has 1 aliphatic heterocycles. The van der Waals surface area contributed by atoms with Gasteiger partial charge >= 0.3 is 0 Å². The highest BCUT2D eigenvalue weighted by Crippen LogP contribution is 2.32. The molecule has 0 radical (unpaired) electrons. The lowest BCUT2D eigenvalue weighted by Crippen LogP contribution is -2.33. The molecule has 0 atom stereocenters. The summed E-state index contributed by atoms with van der Waals surface area (Å²) in [4.78, 5) is 26.6. The van der Waals surface area contributed by atoms with E-state index in [0.717, 1.165) is 10.5 Å². The molecule has 0 spiro atoms. The van der Waals surface area contributed by atoms with Crippen molar-refractivity contribution in [1.82, 2.24) is 4.90 Å². The number of aliphatic hydroxyl groups excluding tert-OH is 1. The van der Waals surface area contributed by atoms with Crippen molar-refractivity contribution < 1.29 is 24.2 Å². The third-order valence-corrected chi connectivity index (χ3v) is 5.03. The minimum atomic E-state index is -0.653. The standard InChI is InChI=1S/C20H21NO5S/c1-3-25-14-8-7-13(12-15(14)26-4-2)9-10-21-19(23)17(18(22)20(21)24)16-6-5-11-27-16/h5-8,11-12,22H,3-4,9-10H2,1-2H3. The first-order valence-electron chi connectivity index (χ1n) is 8.78. The van der Waals surface area contributed by atoms with Gasteiger partial charge in [0.25, 0.3) is 11.8 Å². The Balaban J connectivity index is 1.73. The van der Waals surface area contributed by atoms with E-state index in [9.17, 15) is 14.7 Å². The highest BCUT2D eigenvalue weighted by atomic mass is 32.1. The molecule has 1 aromatic carbocycles. The van der Waals surface area contributed by atoms with E-state index in [-0.39, 0.29) is 12.1 Å². The van der Waals surface area contributed by atoms with Crippen LogP contribution in [0.15, 0.2) is 41.5 Å². The largest absolute Gasteiger partial charge is 0.502 e. The molecule has 142 valence electrons. The molecule has 2 aromatic rings. The summed E-state index contributed by atoms with van der Waals surface area (Å²) in [5, 5.41) is 11.9. The van der Waals surface area contributed by atoms with Gasteiger partial charge in [-0.1, -0.05) is 12.1 Å². The van der Waals surface area contributed by atoms with Crippen LogP contribution in [0.3, 0.4) is 0 Å². The molecule has 27 heavy (non-hydrogen) atoms. The number of ether oxygens (including phenoxy) is 2. The Morgan fingerprint density at radius 1 is 1.04 bits per heavy atom. The van der Waals surface area contributed by atoms with Crippen molar-refractivity contribution in [3.05, 3.63) is 51.9 Å². The second kappa shape index (κ2) is 8.26. The lowest BCUT2D eigenvalue weighted by Gasteiger charge is -2.16. The number of thiophene rings is 1. The average molecular weight is 387 g/mol. The lowest BCUT2D eigenvalue weighted by molar-refractivity contribution is -0.138. The van der Waals surface area contributed by atoms with E-state index in [1.807, 2.05) is 32.0 Å². The van der Waals surface area contributed by atoms with Crippen molar-refractivity contribution in [2.24, 2.45) is 0 Å². The summed E-state index contributed by atoms with van der Waals surface area (Å²) in [5.74, 6) is -0.300. The molecule has 1 N–H and O–H groups in total. The Hall–Kier alpha value is -2.80. The van der Waals surface area contributed by atoms with E-state index in [1.165, 1.54) is 11.3 Å². The monoisotopic (exact) mass is 387 g/mol. The number of rotatable bonds is 8. The van der Waals surface area contributed by atoms with Gasteiger partial charge in [-0.3, -0.25) is 14.5 Å². The van der Waals surface area contributed by atoms with Gasteiger partial charge in [-0.15, -0.1) is 11.3 Å². The number of hydrogen-bond acceptors (Lipinski definition) is 6. The molecule has 0 saturated carbocycles. The minimum Gasteiger partial charge on any atom is -0.502 e. The van der Waals surface area contributed by atoms with Gasteiger partial charge in [-0.05, 0) is 49.4 Å². The third kappa shape index (κ3) is 3.83. The topological polar surface area (TPSA) is 76.1 Å². The van der Waals surface area contributed by atoms with Crippen LogP contribution in [0, 0.1) is 0 Å². The van der Waals surface area contributed by atoms with Crippen LogP contribution < -0.4 is 9.47 Å². The Morgan fingerprint density at radius 2 is 1.78 bits per heavy atom. The normalized spacial score (nSPS) is 14.2. The van der Waals surface area contributed by atoms with E-state index >= 15 is 0 Å². The lowest BCUT2D eigenvalue weighted by atomic mass is 10.1. The summed E-state index contributed by atoms with van der Waals surface area (Å²) < 4.78 is 11.2. The molecule has 6 nitrogen and oxygen atoms in total. The fraction of sp³-hybridized carbons (Fsp3) is 0.300. The molecule has 0 unspecified atom stereocenters. The van der Waals surface area contributed by atoms with E-state index in [2.05, 4.69) is 0 Å². The van der Waals surface area contributed by atoms with Crippen molar-refractivity contribution in [2.75, 3.05) is 19.8 Å². The van der Waals surface area contributed by atoms with E-state index in [4.69, 9.17) is 9.47 Å². The molecule has 3 rings (SSSR count). The minimum absolute atomic E-state index is 0.0803. The maximum Gasteiger partial charge on any atom is 0.296 e. The number of carbonyl (C=O) groups excluding carboxylic acids is 2. The second-order valence-corrected chi connectivity index (χ2v) is 6.81. The fourth-order valence-electron chi connectivity index (χ4n) is 2.90. The van der Waals surface area contributed by atoms with Gasteiger partial charge in [0.15, 0.2) is 17.3 Å². The van der Waals surface area contributed by atoms with Crippen molar-refractivity contribution in [3.63, 3.8) is 0 Å². The van der Waals surface area contributed by atoms with Crippen LogP contribution >= 0.6 is 11.3 Å².